The number of nitrogens with two attached hydrogens (primary N) is 1. The number of aromatic nitrogens is 7. The maximum atomic E-state index is 14.7. The summed E-state index contributed by atoms with van der Waals surface area (Å²) in [7, 11) is 0. The summed E-state index contributed by atoms with van der Waals surface area (Å²) in [5, 5.41) is 4.31. The lowest BCUT2D eigenvalue weighted by molar-refractivity contribution is 0.533. The number of aromatic amines is 1. The number of benzene rings is 1. The molecule has 5 aromatic rings. The van der Waals surface area contributed by atoms with E-state index in [1.807, 2.05) is 37.4 Å². The second-order valence-corrected chi connectivity index (χ2v) is 10.3. The molecule has 7 rings (SSSR count). The molecule has 1 aromatic carbocycles. The van der Waals surface area contributed by atoms with Gasteiger partial charge in [0.15, 0.2) is 17.1 Å². The van der Waals surface area contributed by atoms with Crippen LogP contribution in [0.3, 0.4) is 0 Å². The molecule has 0 radical (unpaired) electrons. The summed E-state index contributed by atoms with van der Waals surface area (Å²) in [6.07, 6.45) is 8.77. The summed E-state index contributed by atoms with van der Waals surface area (Å²) >= 11 is 0. The molecule has 3 atom stereocenters. The number of H-pyrrole nitrogens is 1. The average Bonchev–Trinajstić information content (AvgIpc) is 3.27. The molecule has 2 aliphatic rings. The first-order chi connectivity index (χ1) is 18.6. The molecule has 2 fully saturated rings. The molecule has 0 amide bonds. The van der Waals surface area contributed by atoms with Gasteiger partial charge in [-0.05, 0) is 60.1 Å². The predicted molar refractivity (Wildman–Crippen MR) is 142 cm³/mol. The third-order valence-electron chi connectivity index (χ3n) is 8.47. The molecule has 9 nitrogen and oxygen atoms in total. The summed E-state index contributed by atoms with van der Waals surface area (Å²) < 4.78 is 16.5. The lowest BCUT2D eigenvalue weighted by atomic mass is 9.91. The quantitative estimate of drug-likeness (QED) is 0.361. The molecule has 1 aliphatic heterocycles. The van der Waals surface area contributed by atoms with Gasteiger partial charge in [0.05, 0.1) is 11.9 Å². The Morgan fingerprint density at radius 3 is 2.82 bits per heavy atom. The third kappa shape index (κ3) is 3.51. The van der Waals surface area contributed by atoms with Crippen molar-refractivity contribution < 1.29 is 4.39 Å². The number of rotatable bonds is 6. The van der Waals surface area contributed by atoms with E-state index in [1.165, 1.54) is 6.07 Å². The highest BCUT2D eigenvalue weighted by Gasteiger charge is 2.66. The van der Waals surface area contributed by atoms with Crippen molar-refractivity contribution in [3.05, 3.63) is 89.4 Å². The molecule has 0 bridgehead atoms. The van der Waals surface area contributed by atoms with Crippen LogP contribution in [0.25, 0.3) is 17.1 Å². The van der Waals surface area contributed by atoms with E-state index in [0.717, 1.165) is 53.7 Å². The number of fused-ring (bicyclic) bond motifs is 2. The van der Waals surface area contributed by atoms with Crippen LogP contribution in [0.5, 0.6) is 0 Å². The van der Waals surface area contributed by atoms with Gasteiger partial charge in [-0.15, -0.1) is 0 Å². The molecule has 10 heteroatoms. The van der Waals surface area contributed by atoms with E-state index in [-0.39, 0.29) is 11.2 Å². The fourth-order valence-corrected chi connectivity index (χ4v) is 6.45. The van der Waals surface area contributed by atoms with E-state index in [4.69, 9.17) is 15.7 Å². The topological polar surface area (TPSA) is 114 Å². The maximum Gasteiger partial charge on any atom is 0.206 e. The lowest BCUT2D eigenvalue weighted by Gasteiger charge is -2.25. The van der Waals surface area contributed by atoms with Crippen LogP contribution in [-0.4, -0.2) is 54.3 Å². The number of halogens is 1. The molecule has 0 spiro atoms. The second-order valence-electron chi connectivity index (χ2n) is 10.3. The number of nitrogens with zero attached hydrogens (tertiary/aromatic N) is 7. The second kappa shape index (κ2) is 8.70. The summed E-state index contributed by atoms with van der Waals surface area (Å²) in [6, 6.07) is 10.9. The number of nitrogens with one attached hydrogen (secondary N) is 1. The number of piperidine rings is 1. The molecular weight excluding hydrogens is 481 g/mol. The van der Waals surface area contributed by atoms with Gasteiger partial charge in [-0.3, -0.25) is 0 Å². The Hall–Kier alpha value is -4.18. The minimum Gasteiger partial charge on any atom is -0.342 e. The van der Waals surface area contributed by atoms with Crippen LogP contribution in [0.15, 0.2) is 61.2 Å². The van der Waals surface area contributed by atoms with Gasteiger partial charge in [0, 0.05) is 50.1 Å². The normalized spacial score (nSPS) is 22.6. The van der Waals surface area contributed by atoms with Crippen molar-refractivity contribution in [1.29, 1.82) is 0 Å². The number of hydrogen-bond acceptors (Lipinski definition) is 7. The Morgan fingerprint density at radius 2 is 2.00 bits per heavy atom. The Balaban J connectivity index is 1.12. The van der Waals surface area contributed by atoms with Crippen LogP contribution in [0.2, 0.25) is 0 Å². The zero-order valence-electron chi connectivity index (χ0n) is 21.0. The van der Waals surface area contributed by atoms with Crippen molar-refractivity contribution in [2.24, 2.45) is 17.6 Å². The largest absolute Gasteiger partial charge is 0.342 e. The average molecular weight is 510 g/mol. The molecule has 4 aromatic heterocycles. The summed E-state index contributed by atoms with van der Waals surface area (Å²) in [6.45, 7) is 4.09. The SMILES string of the molecule is Cc1c(Cc2cnc3nc(N4CC[C@@H]5[C@H](C4)[C@@]5(CN)c4ccccc4F)[nH]c3n2)ccnc1-n1cccn1. The standard InChI is InChI=1S/C28H28FN9/c1-17-18(7-10-31-26(17)38-11-4-9-33-38)13-19-14-32-24-25(34-19)36-27(35-24)37-12-8-20-22(15-37)28(20,16-30)21-5-2-3-6-23(21)29/h2-7,9-11,14,20,22H,8,12-13,15-16,30H2,1H3,(H,32,34,35,36)/t20-,22+,28-/m1/s1. The summed E-state index contributed by atoms with van der Waals surface area (Å²) in [4.78, 5) is 24.3. The van der Waals surface area contributed by atoms with Gasteiger partial charge in [-0.25, -0.2) is 24.0 Å². The van der Waals surface area contributed by atoms with Crippen molar-refractivity contribution in [2.45, 2.75) is 25.2 Å². The maximum absolute atomic E-state index is 14.7. The first-order valence-electron chi connectivity index (χ1n) is 12.9. The van der Waals surface area contributed by atoms with Crippen molar-refractivity contribution in [1.82, 2.24) is 34.7 Å². The zero-order chi connectivity index (χ0) is 25.9. The Kier molecular flexibility index (Phi) is 5.26. The minimum absolute atomic E-state index is 0.162. The Morgan fingerprint density at radius 1 is 1.11 bits per heavy atom. The van der Waals surface area contributed by atoms with Crippen molar-refractivity contribution in [2.75, 3.05) is 24.5 Å². The third-order valence-corrected chi connectivity index (χ3v) is 8.47. The van der Waals surface area contributed by atoms with Crippen LogP contribution >= 0.6 is 0 Å². The van der Waals surface area contributed by atoms with Gasteiger partial charge in [-0.1, -0.05) is 18.2 Å². The van der Waals surface area contributed by atoms with Crippen molar-refractivity contribution in [3.8, 4) is 5.82 Å². The highest BCUT2D eigenvalue weighted by Crippen LogP contribution is 2.63. The summed E-state index contributed by atoms with van der Waals surface area (Å²) in [5.41, 5.74) is 11.0. The van der Waals surface area contributed by atoms with E-state index in [1.54, 1.807) is 29.3 Å². The van der Waals surface area contributed by atoms with Gasteiger partial charge in [0.25, 0.3) is 0 Å². The van der Waals surface area contributed by atoms with E-state index >= 15 is 0 Å². The van der Waals surface area contributed by atoms with Crippen LogP contribution in [-0.2, 0) is 11.8 Å². The van der Waals surface area contributed by atoms with Gasteiger partial charge in [-0.2, -0.15) is 10.1 Å². The fraction of sp³-hybridized carbons (Fsp3) is 0.321. The van der Waals surface area contributed by atoms with E-state index < -0.39 is 0 Å². The molecule has 3 N–H and O–H groups in total. The first-order valence-corrected chi connectivity index (χ1v) is 12.9. The highest BCUT2D eigenvalue weighted by atomic mass is 19.1. The molecule has 1 aliphatic carbocycles. The van der Waals surface area contributed by atoms with E-state index in [9.17, 15) is 4.39 Å². The molecule has 1 saturated carbocycles. The lowest BCUT2D eigenvalue weighted by Crippen LogP contribution is -2.32. The van der Waals surface area contributed by atoms with Crippen molar-refractivity contribution in [3.63, 3.8) is 0 Å². The molecule has 1 saturated heterocycles. The van der Waals surface area contributed by atoms with Crippen LogP contribution in [0.1, 0.15) is 28.8 Å². The van der Waals surface area contributed by atoms with Crippen LogP contribution < -0.4 is 10.6 Å². The van der Waals surface area contributed by atoms with E-state index in [2.05, 4.69) is 25.0 Å². The highest BCUT2D eigenvalue weighted by molar-refractivity contribution is 5.69. The number of pyridine rings is 1. The Labute approximate surface area is 219 Å². The van der Waals surface area contributed by atoms with Crippen LogP contribution in [0.4, 0.5) is 10.3 Å². The molecular formula is C28H28FN9. The molecule has 0 unspecified atom stereocenters. The van der Waals surface area contributed by atoms with Gasteiger partial charge >= 0.3 is 0 Å². The molecule has 192 valence electrons. The molecule has 38 heavy (non-hydrogen) atoms. The first kappa shape index (κ1) is 23.0. The van der Waals surface area contributed by atoms with Gasteiger partial charge in [0.2, 0.25) is 5.95 Å². The van der Waals surface area contributed by atoms with Crippen molar-refractivity contribution >= 4 is 17.2 Å². The number of hydrogen-bond donors (Lipinski definition) is 2. The summed E-state index contributed by atoms with van der Waals surface area (Å²) in [5.74, 6) is 2.08. The fourth-order valence-electron chi connectivity index (χ4n) is 6.45. The Bertz CT molecular complexity index is 1630. The van der Waals surface area contributed by atoms with Crippen LogP contribution in [0, 0.1) is 24.6 Å². The predicted octanol–water partition coefficient (Wildman–Crippen LogP) is 3.32. The smallest absolute Gasteiger partial charge is 0.206 e. The van der Waals surface area contributed by atoms with Gasteiger partial charge in [0.1, 0.15) is 5.82 Å². The zero-order valence-corrected chi connectivity index (χ0v) is 21.0. The molecule has 5 heterocycles. The number of anilines is 1. The van der Waals surface area contributed by atoms with E-state index in [0.29, 0.717) is 36.1 Å². The van der Waals surface area contributed by atoms with Gasteiger partial charge < -0.3 is 15.6 Å². The minimum atomic E-state index is -0.298. The number of imidazole rings is 1. The monoisotopic (exact) mass is 509 g/mol.